The molecule has 0 spiro atoms. The van der Waals surface area contributed by atoms with Crippen LogP contribution in [0.15, 0.2) is 24.3 Å². The van der Waals surface area contributed by atoms with Gasteiger partial charge in [-0.3, -0.25) is 15.6 Å². The van der Waals surface area contributed by atoms with Crippen molar-refractivity contribution in [2.24, 2.45) is 5.92 Å². The first-order valence-corrected chi connectivity index (χ1v) is 5.64. The van der Waals surface area contributed by atoms with E-state index in [2.05, 4.69) is 10.9 Å². The summed E-state index contributed by atoms with van der Waals surface area (Å²) in [6, 6.07) is 6.72. The second kappa shape index (κ2) is 5.35. The zero-order valence-electron chi connectivity index (χ0n) is 9.02. The standard InChI is InChI=1S/C11H13ClN2O3/c12-7-1-3-8(4-2-7)17-6-10-9(11(15)16)5-13-14-10/h1-4,9-10,13-14H,5-6H2,(H,15,16). The first kappa shape index (κ1) is 12.2. The number of carboxylic acids is 1. The van der Waals surface area contributed by atoms with Gasteiger partial charge in [0.15, 0.2) is 0 Å². The molecule has 0 aromatic heterocycles. The molecule has 6 heteroatoms. The number of aliphatic carboxylic acids is 1. The summed E-state index contributed by atoms with van der Waals surface area (Å²) in [7, 11) is 0. The van der Waals surface area contributed by atoms with Crippen LogP contribution in [0.25, 0.3) is 0 Å². The van der Waals surface area contributed by atoms with Crippen molar-refractivity contribution in [3.8, 4) is 5.75 Å². The third kappa shape index (κ3) is 3.09. The van der Waals surface area contributed by atoms with Crippen LogP contribution < -0.4 is 15.6 Å². The zero-order chi connectivity index (χ0) is 12.3. The Hall–Kier alpha value is -1.30. The van der Waals surface area contributed by atoms with Crippen LogP contribution in [0.2, 0.25) is 5.02 Å². The fourth-order valence-electron chi connectivity index (χ4n) is 1.68. The number of carbonyl (C=O) groups is 1. The SMILES string of the molecule is O=C(O)C1CNNC1COc1ccc(Cl)cc1. The molecular formula is C11H13ClN2O3. The average Bonchev–Trinajstić information content (AvgIpc) is 2.76. The molecule has 2 atom stereocenters. The number of hydrogen-bond acceptors (Lipinski definition) is 4. The number of benzene rings is 1. The Morgan fingerprint density at radius 3 is 2.82 bits per heavy atom. The van der Waals surface area contributed by atoms with Crippen molar-refractivity contribution in [1.29, 1.82) is 0 Å². The lowest BCUT2D eigenvalue weighted by Crippen LogP contribution is -2.38. The van der Waals surface area contributed by atoms with Crippen LogP contribution >= 0.6 is 11.6 Å². The number of carboxylic acid groups (broad SMARTS) is 1. The van der Waals surface area contributed by atoms with Crippen molar-refractivity contribution >= 4 is 17.6 Å². The number of hydrogen-bond donors (Lipinski definition) is 3. The summed E-state index contributed by atoms with van der Waals surface area (Å²) in [6.45, 7) is 0.704. The molecule has 1 aliphatic heterocycles. The Balaban J connectivity index is 1.89. The van der Waals surface area contributed by atoms with E-state index < -0.39 is 11.9 Å². The van der Waals surface area contributed by atoms with Gasteiger partial charge >= 0.3 is 5.97 Å². The second-order valence-electron chi connectivity index (χ2n) is 3.84. The fourth-order valence-corrected chi connectivity index (χ4v) is 1.80. The van der Waals surface area contributed by atoms with Crippen LogP contribution in [0, 0.1) is 5.92 Å². The monoisotopic (exact) mass is 256 g/mol. The van der Waals surface area contributed by atoms with Crippen LogP contribution in [0.5, 0.6) is 5.75 Å². The zero-order valence-corrected chi connectivity index (χ0v) is 9.78. The summed E-state index contributed by atoms with van der Waals surface area (Å²) < 4.78 is 5.50. The maximum atomic E-state index is 10.9. The highest BCUT2D eigenvalue weighted by atomic mass is 35.5. The minimum absolute atomic E-state index is 0.233. The Labute approximate surface area is 104 Å². The predicted octanol–water partition coefficient (Wildman–Crippen LogP) is 0.896. The molecule has 5 nitrogen and oxygen atoms in total. The van der Waals surface area contributed by atoms with Crippen molar-refractivity contribution in [2.75, 3.05) is 13.2 Å². The summed E-state index contributed by atoms with van der Waals surface area (Å²) in [5.74, 6) is -0.623. The van der Waals surface area contributed by atoms with E-state index in [0.717, 1.165) is 0 Å². The van der Waals surface area contributed by atoms with Gasteiger partial charge in [0, 0.05) is 11.6 Å². The summed E-state index contributed by atoms with van der Waals surface area (Å²) in [4.78, 5) is 10.9. The molecule has 2 rings (SSSR count). The van der Waals surface area contributed by atoms with E-state index in [1.165, 1.54) is 0 Å². The van der Waals surface area contributed by atoms with E-state index in [4.69, 9.17) is 21.4 Å². The Kier molecular flexibility index (Phi) is 3.83. The van der Waals surface area contributed by atoms with Gasteiger partial charge in [0.2, 0.25) is 0 Å². The van der Waals surface area contributed by atoms with E-state index in [1.54, 1.807) is 24.3 Å². The molecule has 17 heavy (non-hydrogen) atoms. The number of rotatable bonds is 4. The second-order valence-corrected chi connectivity index (χ2v) is 4.28. The molecule has 0 amide bonds. The number of ether oxygens (including phenoxy) is 1. The van der Waals surface area contributed by atoms with Crippen molar-refractivity contribution in [3.63, 3.8) is 0 Å². The van der Waals surface area contributed by atoms with Gasteiger partial charge < -0.3 is 9.84 Å². The van der Waals surface area contributed by atoms with Crippen LogP contribution in [0.3, 0.4) is 0 Å². The average molecular weight is 257 g/mol. The normalized spacial score (nSPS) is 23.6. The van der Waals surface area contributed by atoms with Gasteiger partial charge in [-0.05, 0) is 24.3 Å². The third-order valence-corrected chi connectivity index (χ3v) is 2.91. The van der Waals surface area contributed by atoms with Crippen LogP contribution in [-0.4, -0.2) is 30.3 Å². The Morgan fingerprint density at radius 2 is 2.18 bits per heavy atom. The Morgan fingerprint density at radius 1 is 1.47 bits per heavy atom. The summed E-state index contributed by atoms with van der Waals surface area (Å²) in [5, 5.41) is 9.60. The smallest absolute Gasteiger partial charge is 0.309 e. The third-order valence-electron chi connectivity index (χ3n) is 2.66. The molecule has 92 valence electrons. The van der Waals surface area contributed by atoms with Gasteiger partial charge in [0.1, 0.15) is 12.4 Å². The molecule has 1 saturated heterocycles. The van der Waals surface area contributed by atoms with E-state index in [-0.39, 0.29) is 6.04 Å². The quantitative estimate of drug-likeness (QED) is 0.747. The summed E-state index contributed by atoms with van der Waals surface area (Å²) in [6.07, 6.45) is 0. The van der Waals surface area contributed by atoms with Crippen molar-refractivity contribution in [2.45, 2.75) is 6.04 Å². The highest BCUT2D eigenvalue weighted by Crippen LogP contribution is 2.17. The van der Waals surface area contributed by atoms with E-state index in [9.17, 15) is 4.79 Å². The topological polar surface area (TPSA) is 70.6 Å². The van der Waals surface area contributed by atoms with Crippen LogP contribution in [-0.2, 0) is 4.79 Å². The van der Waals surface area contributed by atoms with Gasteiger partial charge in [-0.15, -0.1) is 0 Å². The van der Waals surface area contributed by atoms with Gasteiger partial charge in [0.25, 0.3) is 0 Å². The van der Waals surface area contributed by atoms with Crippen LogP contribution in [0.4, 0.5) is 0 Å². The lowest BCUT2D eigenvalue weighted by molar-refractivity contribution is -0.141. The van der Waals surface area contributed by atoms with E-state index in [0.29, 0.717) is 23.9 Å². The van der Waals surface area contributed by atoms with Gasteiger partial charge in [0.05, 0.1) is 12.0 Å². The van der Waals surface area contributed by atoms with E-state index >= 15 is 0 Å². The largest absolute Gasteiger partial charge is 0.492 e. The molecule has 1 fully saturated rings. The molecule has 0 bridgehead atoms. The van der Waals surface area contributed by atoms with Crippen molar-refractivity contribution in [3.05, 3.63) is 29.3 Å². The molecule has 0 radical (unpaired) electrons. The fraction of sp³-hybridized carbons (Fsp3) is 0.364. The highest BCUT2D eigenvalue weighted by Gasteiger charge is 2.33. The minimum Gasteiger partial charge on any atom is -0.492 e. The maximum absolute atomic E-state index is 10.9. The van der Waals surface area contributed by atoms with E-state index in [1.807, 2.05) is 0 Å². The molecule has 2 unspecified atom stereocenters. The van der Waals surface area contributed by atoms with Gasteiger partial charge in [-0.2, -0.15) is 0 Å². The number of nitrogens with one attached hydrogen (secondary N) is 2. The van der Waals surface area contributed by atoms with Gasteiger partial charge in [-0.1, -0.05) is 11.6 Å². The molecule has 1 aromatic rings. The molecule has 1 aliphatic rings. The molecule has 3 N–H and O–H groups in total. The highest BCUT2D eigenvalue weighted by molar-refractivity contribution is 6.30. The molecule has 0 saturated carbocycles. The first-order valence-electron chi connectivity index (χ1n) is 5.26. The molecule has 0 aliphatic carbocycles. The van der Waals surface area contributed by atoms with Gasteiger partial charge in [-0.25, -0.2) is 0 Å². The predicted molar refractivity (Wildman–Crippen MR) is 63.0 cm³/mol. The molecule has 1 heterocycles. The van der Waals surface area contributed by atoms with Crippen LogP contribution in [0.1, 0.15) is 0 Å². The summed E-state index contributed by atoms with van der Waals surface area (Å²) >= 11 is 5.75. The number of halogens is 1. The first-order chi connectivity index (χ1) is 8.16. The molecular weight excluding hydrogens is 244 g/mol. The number of hydrazine groups is 1. The molecule has 1 aromatic carbocycles. The van der Waals surface area contributed by atoms with Crippen molar-refractivity contribution in [1.82, 2.24) is 10.9 Å². The summed E-state index contributed by atoms with van der Waals surface area (Å²) in [5.41, 5.74) is 5.70. The van der Waals surface area contributed by atoms with Crippen molar-refractivity contribution < 1.29 is 14.6 Å². The lowest BCUT2D eigenvalue weighted by Gasteiger charge is -2.15. The Bertz CT molecular complexity index is 396. The maximum Gasteiger partial charge on any atom is 0.309 e. The lowest BCUT2D eigenvalue weighted by atomic mass is 10.0. The minimum atomic E-state index is -0.827.